The first-order valence-corrected chi connectivity index (χ1v) is 13.7. The molecule has 0 spiro atoms. The van der Waals surface area contributed by atoms with Crippen LogP contribution in [0.25, 0.3) is 44.6 Å². The minimum absolute atomic E-state index is 0.710. The minimum atomic E-state index is 0.710. The Morgan fingerprint density at radius 3 is 2.56 bits per heavy atom. The molecule has 2 aliphatic rings. The van der Waals surface area contributed by atoms with Gasteiger partial charge in [0.15, 0.2) is 0 Å². The zero-order chi connectivity index (χ0) is 23.9. The van der Waals surface area contributed by atoms with Crippen LogP contribution in [0.2, 0.25) is 0 Å². The van der Waals surface area contributed by atoms with Crippen LogP contribution in [0.15, 0.2) is 71.3 Å². The molecule has 0 radical (unpaired) electrons. The molecular formula is C33H32N2O. The summed E-state index contributed by atoms with van der Waals surface area (Å²) in [5, 5.41) is 2.18. The zero-order valence-electron chi connectivity index (χ0n) is 20.8. The minimum Gasteiger partial charge on any atom is -0.437 e. The fraction of sp³-hybridized carbons (Fsp3) is 0.333. The summed E-state index contributed by atoms with van der Waals surface area (Å²) in [5.41, 5.74) is 10.2. The van der Waals surface area contributed by atoms with Gasteiger partial charge in [0.1, 0.15) is 5.58 Å². The van der Waals surface area contributed by atoms with Crippen molar-refractivity contribution in [1.82, 2.24) is 9.97 Å². The third-order valence-corrected chi connectivity index (χ3v) is 8.39. The van der Waals surface area contributed by atoms with Crippen LogP contribution in [-0.2, 0) is 19.3 Å². The first-order valence-electron chi connectivity index (χ1n) is 13.7. The van der Waals surface area contributed by atoms with Gasteiger partial charge >= 0.3 is 0 Å². The van der Waals surface area contributed by atoms with E-state index in [0.717, 1.165) is 52.1 Å². The van der Waals surface area contributed by atoms with E-state index in [1.165, 1.54) is 73.6 Å². The predicted molar refractivity (Wildman–Crippen MR) is 147 cm³/mol. The van der Waals surface area contributed by atoms with Crippen LogP contribution >= 0.6 is 0 Å². The number of hydrogen-bond acceptors (Lipinski definition) is 3. The molecule has 1 saturated carbocycles. The van der Waals surface area contributed by atoms with Crippen LogP contribution in [0.1, 0.15) is 61.6 Å². The number of aromatic nitrogens is 2. The maximum Gasteiger partial charge on any atom is 0.227 e. The molecule has 0 bridgehead atoms. The van der Waals surface area contributed by atoms with Crippen LogP contribution < -0.4 is 0 Å². The summed E-state index contributed by atoms with van der Waals surface area (Å²) < 4.78 is 6.48. The van der Waals surface area contributed by atoms with Gasteiger partial charge in [0.05, 0.1) is 11.4 Å². The largest absolute Gasteiger partial charge is 0.437 e. The molecule has 0 atom stereocenters. The Hall–Kier alpha value is -3.46. The number of para-hydroxylation sites is 1. The monoisotopic (exact) mass is 472 g/mol. The van der Waals surface area contributed by atoms with Crippen molar-refractivity contribution in [1.29, 1.82) is 0 Å². The van der Waals surface area contributed by atoms with Gasteiger partial charge in [-0.15, -0.1) is 0 Å². The van der Waals surface area contributed by atoms with Crippen LogP contribution in [0.4, 0.5) is 0 Å². The van der Waals surface area contributed by atoms with Gasteiger partial charge in [-0.2, -0.15) is 0 Å². The lowest BCUT2D eigenvalue weighted by molar-refractivity contribution is 0.356. The Labute approximate surface area is 212 Å². The summed E-state index contributed by atoms with van der Waals surface area (Å²) in [6.07, 6.45) is 14.8. The SMILES string of the molecule is c1cc2c(c(-c3ccc4c(n3)oc3c(-c5cc(CC6CCCCC6)ccn5)cccc34)c1)CCCC2. The van der Waals surface area contributed by atoms with E-state index in [1.807, 2.05) is 6.20 Å². The highest BCUT2D eigenvalue weighted by Crippen LogP contribution is 2.37. The fourth-order valence-electron chi connectivity index (χ4n) is 6.53. The average Bonchev–Trinajstić information content (AvgIpc) is 3.31. The zero-order valence-corrected chi connectivity index (χ0v) is 20.8. The predicted octanol–water partition coefficient (Wildman–Crippen LogP) is 8.71. The van der Waals surface area contributed by atoms with Crippen LogP contribution in [0.5, 0.6) is 0 Å². The van der Waals surface area contributed by atoms with Crippen LogP contribution in [-0.4, -0.2) is 9.97 Å². The molecular weight excluding hydrogens is 440 g/mol. The third kappa shape index (κ3) is 3.91. The second-order valence-electron chi connectivity index (χ2n) is 10.7. The Morgan fingerprint density at radius 2 is 1.61 bits per heavy atom. The van der Waals surface area contributed by atoms with Crippen molar-refractivity contribution in [3.8, 4) is 22.5 Å². The lowest BCUT2D eigenvalue weighted by Gasteiger charge is -2.21. The molecule has 0 amide bonds. The first kappa shape index (κ1) is 21.8. The van der Waals surface area contributed by atoms with E-state index < -0.39 is 0 Å². The Bertz CT molecular complexity index is 1560. The summed E-state index contributed by atoms with van der Waals surface area (Å²) in [4.78, 5) is 9.79. The van der Waals surface area contributed by atoms with Crippen molar-refractivity contribution in [3.63, 3.8) is 0 Å². The molecule has 1 fully saturated rings. The maximum absolute atomic E-state index is 6.48. The quantitative estimate of drug-likeness (QED) is 0.262. The highest BCUT2D eigenvalue weighted by atomic mass is 16.3. The average molecular weight is 473 g/mol. The molecule has 2 aliphatic carbocycles. The molecule has 3 aromatic heterocycles. The number of nitrogens with zero attached hydrogens (tertiary/aromatic N) is 2. The second-order valence-corrected chi connectivity index (χ2v) is 10.7. The van der Waals surface area contributed by atoms with Crippen molar-refractivity contribution in [3.05, 3.63) is 83.6 Å². The second kappa shape index (κ2) is 9.20. The highest BCUT2D eigenvalue weighted by Gasteiger charge is 2.19. The molecule has 7 rings (SSSR count). The van der Waals surface area contributed by atoms with E-state index in [-0.39, 0.29) is 0 Å². The fourth-order valence-corrected chi connectivity index (χ4v) is 6.53. The van der Waals surface area contributed by atoms with Gasteiger partial charge in [-0.1, -0.05) is 62.4 Å². The number of aryl methyl sites for hydroxylation is 1. The van der Waals surface area contributed by atoms with Crippen molar-refractivity contribution in [2.75, 3.05) is 0 Å². The molecule has 5 aromatic rings. The van der Waals surface area contributed by atoms with E-state index in [4.69, 9.17) is 14.4 Å². The molecule has 180 valence electrons. The molecule has 3 heterocycles. The van der Waals surface area contributed by atoms with Crippen molar-refractivity contribution in [2.45, 2.75) is 64.2 Å². The Kier molecular flexibility index (Phi) is 5.57. The summed E-state index contributed by atoms with van der Waals surface area (Å²) in [5.74, 6) is 0.808. The molecule has 3 heteroatoms. The third-order valence-electron chi connectivity index (χ3n) is 8.39. The van der Waals surface area contributed by atoms with Crippen molar-refractivity contribution in [2.24, 2.45) is 5.92 Å². The van der Waals surface area contributed by atoms with Gasteiger partial charge in [0.25, 0.3) is 0 Å². The van der Waals surface area contributed by atoms with Crippen LogP contribution in [0.3, 0.4) is 0 Å². The normalized spacial score (nSPS) is 16.4. The lowest BCUT2D eigenvalue weighted by Crippen LogP contribution is -2.09. The van der Waals surface area contributed by atoms with Gasteiger partial charge in [0, 0.05) is 28.1 Å². The van der Waals surface area contributed by atoms with Gasteiger partial charge in [-0.3, -0.25) is 4.98 Å². The topological polar surface area (TPSA) is 38.9 Å². The van der Waals surface area contributed by atoms with Crippen LogP contribution in [0, 0.1) is 5.92 Å². The van der Waals surface area contributed by atoms with E-state index in [1.54, 1.807) is 0 Å². The molecule has 0 aliphatic heterocycles. The van der Waals surface area contributed by atoms with Crippen molar-refractivity contribution >= 4 is 22.1 Å². The molecule has 36 heavy (non-hydrogen) atoms. The maximum atomic E-state index is 6.48. The standard InChI is InChI=1S/C33H32N2O/c1-2-8-22(9-3-1)20-23-18-19-34-31(21-23)29-15-7-14-27-28-16-17-30(35-33(28)36-32(27)29)26-13-6-11-24-10-4-5-12-25(24)26/h6-7,11,13-19,21-22H,1-5,8-10,12,20H2. The smallest absolute Gasteiger partial charge is 0.227 e. The molecule has 0 unspecified atom stereocenters. The number of furan rings is 1. The number of hydrogen-bond donors (Lipinski definition) is 0. The Morgan fingerprint density at radius 1 is 0.750 bits per heavy atom. The summed E-state index contributed by atoms with van der Waals surface area (Å²) in [6.45, 7) is 0. The summed E-state index contributed by atoms with van der Waals surface area (Å²) in [7, 11) is 0. The molecule has 3 nitrogen and oxygen atoms in total. The highest BCUT2D eigenvalue weighted by molar-refractivity contribution is 6.08. The van der Waals surface area contributed by atoms with E-state index in [2.05, 4.69) is 60.7 Å². The Balaban J connectivity index is 1.29. The van der Waals surface area contributed by atoms with E-state index in [0.29, 0.717) is 5.71 Å². The first-order chi connectivity index (χ1) is 17.8. The molecule has 0 saturated heterocycles. The number of pyridine rings is 2. The number of rotatable bonds is 4. The lowest BCUT2D eigenvalue weighted by atomic mass is 9.85. The van der Waals surface area contributed by atoms with E-state index in [9.17, 15) is 0 Å². The summed E-state index contributed by atoms with van der Waals surface area (Å²) in [6, 6.07) is 21.9. The van der Waals surface area contributed by atoms with E-state index >= 15 is 0 Å². The summed E-state index contributed by atoms with van der Waals surface area (Å²) >= 11 is 0. The molecule has 2 aromatic carbocycles. The van der Waals surface area contributed by atoms with Gasteiger partial charge in [-0.25, -0.2) is 4.98 Å². The van der Waals surface area contributed by atoms with Gasteiger partial charge < -0.3 is 4.42 Å². The molecule has 0 N–H and O–H groups in total. The van der Waals surface area contributed by atoms with Crippen molar-refractivity contribution < 1.29 is 4.42 Å². The van der Waals surface area contributed by atoms with Gasteiger partial charge in [-0.05, 0) is 85.0 Å². The number of fused-ring (bicyclic) bond motifs is 4. The number of benzene rings is 2. The van der Waals surface area contributed by atoms with Gasteiger partial charge in [0.2, 0.25) is 5.71 Å².